The van der Waals surface area contributed by atoms with Gasteiger partial charge < -0.3 is 9.47 Å². The van der Waals surface area contributed by atoms with Gasteiger partial charge in [-0.05, 0) is 56.3 Å². The molecule has 1 N–H and O–H groups in total. The molecule has 0 spiro atoms. The summed E-state index contributed by atoms with van der Waals surface area (Å²) >= 11 is 0. The van der Waals surface area contributed by atoms with Crippen LogP contribution < -0.4 is 14.2 Å². The molecule has 3 aromatic rings. The normalized spacial score (nSPS) is 12.6. The summed E-state index contributed by atoms with van der Waals surface area (Å²) in [5.41, 5.74) is 1.84. The van der Waals surface area contributed by atoms with Gasteiger partial charge in [0.25, 0.3) is 10.0 Å². The third kappa shape index (κ3) is 4.51. The minimum atomic E-state index is -4.06. The van der Waals surface area contributed by atoms with Crippen LogP contribution in [0.4, 0.5) is 4.79 Å². The minimum Gasteiger partial charge on any atom is -0.450 e. The predicted molar refractivity (Wildman–Crippen MR) is 113 cm³/mol. The Morgan fingerprint density at radius 3 is 2.19 bits per heavy atom. The highest BCUT2D eigenvalue weighted by Crippen LogP contribution is 2.45. The Kier molecular flexibility index (Phi) is 5.35. The van der Waals surface area contributed by atoms with Crippen LogP contribution in [0.1, 0.15) is 18.1 Å². The number of nitrogens with zero attached hydrogens (tertiary/aromatic N) is 1. The maximum absolute atomic E-state index is 12.2. The number of oxime groups is 1. The van der Waals surface area contributed by atoms with Crippen LogP contribution in [-0.4, -0.2) is 20.2 Å². The summed E-state index contributed by atoms with van der Waals surface area (Å²) in [7, 11) is -4.06. The van der Waals surface area contributed by atoms with Crippen molar-refractivity contribution in [1.29, 1.82) is 0 Å². The quantitative estimate of drug-likeness (QED) is 0.281. The number of nitrogens with one attached hydrogen (secondary N) is 1. The van der Waals surface area contributed by atoms with E-state index in [2.05, 4.69) is 5.16 Å². The number of ether oxygens (including phenoxy) is 2. The van der Waals surface area contributed by atoms with E-state index in [-0.39, 0.29) is 4.90 Å². The number of sulfonamides is 1. The molecule has 8 nitrogen and oxygen atoms in total. The molecular formula is C22H18N2O6S. The summed E-state index contributed by atoms with van der Waals surface area (Å²) in [5, 5.41) is 3.72. The molecule has 0 fully saturated rings. The van der Waals surface area contributed by atoms with E-state index in [0.717, 1.165) is 5.56 Å². The molecule has 31 heavy (non-hydrogen) atoms. The second-order valence-electron chi connectivity index (χ2n) is 6.79. The summed E-state index contributed by atoms with van der Waals surface area (Å²) in [5.74, 6) is 2.22. The summed E-state index contributed by atoms with van der Waals surface area (Å²) in [4.78, 5) is 16.6. The summed E-state index contributed by atoms with van der Waals surface area (Å²) < 4.78 is 37.9. The Balaban J connectivity index is 1.44. The van der Waals surface area contributed by atoms with Crippen LogP contribution in [0.15, 0.2) is 76.8 Å². The van der Waals surface area contributed by atoms with Crippen molar-refractivity contribution >= 4 is 21.8 Å². The molecule has 0 aromatic heterocycles. The average Bonchev–Trinajstić information content (AvgIpc) is 2.75. The third-order valence-electron chi connectivity index (χ3n) is 4.46. The van der Waals surface area contributed by atoms with Crippen LogP contribution in [-0.2, 0) is 14.9 Å². The first-order valence-corrected chi connectivity index (χ1v) is 10.7. The van der Waals surface area contributed by atoms with Crippen molar-refractivity contribution < 1.29 is 27.5 Å². The molecular weight excluding hydrogens is 420 g/mol. The van der Waals surface area contributed by atoms with Crippen molar-refractivity contribution in [2.24, 2.45) is 5.16 Å². The number of carbonyl (C=O) groups is 1. The zero-order chi connectivity index (χ0) is 22.0. The molecule has 1 aliphatic heterocycles. The molecule has 4 rings (SSSR count). The van der Waals surface area contributed by atoms with Crippen LogP contribution >= 0.6 is 0 Å². The Hall–Kier alpha value is -3.85. The lowest BCUT2D eigenvalue weighted by molar-refractivity contribution is 0.157. The van der Waals surface area contributed by atoms with Gasteiger partial charge in [0.15, 0.2) is 23.0 Å². The van der Waals surface area contributed by atoms with Crippen LogP contribution in [0.2, 0.25) is 0 Å². The lowest BCUT2D eigenvalue weighted by atomic mass is 10.1. The monoisotopic (exact) mass is 438 g/mol. The van der Waals surface area contributed by atoms with E-state index in [9.17, 15) is 13.2 Å². The average molecular weight is 438 g/mol. The summed E-state index contributed by atoms with van der Waals surface area (Å²) in [6, 6.07) is 18.4. The number of benzene rings is 3. The zero-order valence-corrected chi connectivity index (χ0v) is 17.5. The molecule has 0 saturated carbocycles. The van der Waals surface area contributed by atoms with E-state index in [1.54, 1.807) is 49.4 Å². The van der Waals surface area contributed by atoms with Crippen molar-refractivity contribution in [2.75, 3.05) is 0 Å². The molecule has 0 bridgehead atoms. The van der Waals surface area contributed by atoms with Gasteiger partial charge in [-0.2, -0.15) is 0 Å². The number of amides is 1. The standard InChI is InChI=1S/C22H18N2O6S/c1-14-7-10-17(11-8-14)31(26,27)24-22(25)30-23-15(2)16-9-12-20-21(13-16)29-19-6-4-3-5-18(19)28-20/h3-13H,1-2H3,(H,24,25)/b23-15+. The maximum Gasteiger partial charge on any atom is 0.447 e. The summed E-state index contributed by atoms with van der Waals surface area (Å²) in [6.07, 6.45) is -1.22. The van der Waals surface area contributed by atoms with Crippen molar-refractivity contribution in [3.8, 4) is 23.0 Å². The van der Waals surface area contributed by atoms with Crippen molar-refractivity contribution in [3.63, 3.8) is 0 Å². The second-order valence-corrected chi connectivity index (χ2v) is 8.47. The van der Waals surface area contributed by atoms with Crippen LogP contribution in [0.25, 0.3) is 0 Å². The molecule has 158 valence electrons. The maximum atomic E-state index is 12.2. The third-order valence-corrected chi connectivity index (χ3v) is 5.79. The molecule has 1 amide bonds. The van der Waals surface area contributed by atoms with Gasteiger partial charge in [-0.1, -0.05) is 35.0 Å². The lowest BCUT2D eigenvalue weighted by Gasteiger charge is -2.20. The van der Waals surface area contributed by atoms with Crippen molar-refractivity contribution in [2.45, 2.75) is 18.7 Å². The van der Waals surface area contributed by atoms with E-state index in [4.69, 9.17) is 14.3 Å². The van der Waals surface area contributed by atoms with Gasteiger partial charge >= 0.3 is 6.09 Å². The molecule has 1 aliphatic rings. The number of aryl methyl sites for hydroxylation is 1. The largest absolute Gasteiger partial charge is 0.450 e. The second kappa shape index (κ2) is 8.11. The van der Waals surface area contributed by atoms with Gasteiger partial charge in [-0.25, -0.2) is 17.9 Å². The first-order chi connectivity index (χ1) is 14.8. The highest BCUT2D eigenvalue weighted by Gasteiger charge is 2.20. The van der Waals surface area contributed by atoms with Crippen LogP contribution in [0.3, 0.4) is 0 Å². The first-order valence-electron chi connectivity index (χ1n) is 9.26. The minimum absolute atomic E-state index is 0.0529. The van der Waals surface area contributed by atoms with Gasteiger partial charge in [-0.3, -0.25) is 4.84 Å². The molecule has 0 atom stereocenters. The topological polar surface area (TPSA) is 103 Å². The summed E-state index contributed by atoms with van der Waals surface area (Å²) in [6.45, 7) is 3.44. The highest BCUT2D eigenvalue weighted by molar-refractivity contribution is 7.90. The molecule has 0 unspecified atom stereocenters. The number of rotatable bonds is 4. The van der Waals surface area contributed by atoms with E-state index in [1.807, 2.05) is 23.8 Å². The van der Waals surface area contributed by atoms with E-state index >= 15 is 0 Å². The van der Waals surface area contributed by atoms with Gasteiger partial charge in [-0.15, -0.1) is 0 Å². The fourth-order valence-electron chi connectivity index (χ4n) is 2.82. The zero-order valence-electron chi connectivity index (χ0n) is 16.7. The molecule has 1 heterocycles. The first kappa shape index (κ1) is 20.4. The lowest BCUT2D eigenvalue weighted by Crippen LogP contribution is -2.30. The van der Waals surface area contributed by atoms with Crippen LogP contribution in [0.5, 0.6) is 23.0 Å². The Morgan fingerprint density at radius 2 is 1.52 bits per heavy atom. The van der Waals surface area contributed by atoms with E-state index < -0.39 is 16.1 Å². The molecule has 9 heteroatoms. The van der Waals surface area contributed by atoms with Gasteiger partial charge in [0.05, 0.1) is 10.6 Å². The molecule has 0 saturated heterocycles. The molecule has 0 radical (unpaired) electrons. The Labute approximate surface area is 179 Å². The predicted octanol–water partition coefficient (Wildman–Crippen LogP) is 4.73. The van der Waals surface area contributed by atoms with E-state index in [1.165, 1.54) is 12.1 Å². The number of carbonyl (C=O) groups excluding carboxylic acids is 1. The van der Waals surface area contributed by atoms with Crippen molar-refractivity contribution in [3.05, 3.63) is 77.9 Å². The number of para-hydroxylation sites is 2. The van der Waals surface area contributed by atoms with Crippen LogP contribution in [0, 0.1) is 6.92 Å². The van der Waals surface area contributed by atoms with Crippen molar-refractivity contribution in [1.82, 2.24) is 4.72 Å². The smallest absolute Gasteiger partial charge is 0.447 e. The Bertz CT molecular complexity index is 1280. The SMILES string of the molecule is C/C(=N\OC(=O)NS(=O)(=O)c1ccc(C)cc1)c1ccc2c(c1)Oc1ccccc1O2. The Morgan fingerprint density at radius 1 is 0.903 bits per heavy atom. The molecule has 0 aliphatic carbocycles. The number of hydrogen-bond donors (Lipinski definition) is 1. The number of hydrogen-bond acceptors (Lipinski definition) is 7. The van der Waals surface area contributed by atoms with E-state index in [0.29, 0.717) is 34.3 Å². The fraction of sp³-hybridized carbons (Fsp3) is 0.0909. The van der Waals surface area contributed by atoms with Gasteiger partial charge in [0.2, 0.25) is 0 Å². The highest BCUT2D eigenvalue weighted by atomic mass is 32.2. The molecule has 3 aromatic carbocycles. The van der Waals surface area contributed by atoms with Gasteiger partial charge in [0.1, 0.15) is 0 Å². The fourth-order valence-corrected chi connectivity index (χ4v) is 3.69. The number of fused-ring (bicyclic) bond motifs is 2. The van der Waals surface area contributed by atoms with Gasteiger partial charge in [0, 0.05) is 5.56 Å².